The van der Waals surface area contributed by atoms with Crippen molar-refractivity contribution in [3.63, 3.8) is 0 Å². The van der Waals surface area contributed by atoms with Crippen LogP contribution in [0.3, 0.4) is 0 Å². The molecule has 0 fully saturated rings. The van der Waals surface area contributed by atoms with Gasteiger partial charge in [0, 0.05) is 12.8 Å². The molecule has 0 aliphatic rings. The van der Waals surface area contributed by atoms with E-state index in [1.165, 1.54) is 0 Å². The number of aliphatic hydroxyl groups excluding tert-OH is 4. The van der Waals surface area contributed by atoms with Gasteiger partial charge in [-0.25, -0.2) is 4.57 Å². The van der Waals surface area contributed by atoms with Crippen molar-refractivity contribution in [1.82, 2.24) is 0 Å². The van der Waals surface area contributed by atoms with Crippen molar-refractivity contribution in [2.75, 3.05) is 26.4 Å². The molecule has 5 atom stereocenters. The number of unbranched alkanes of at least 4 members (excludes halogenated alkanes) is 4. The van der Waals surface area contributed by atoms with E-state index in [9.17, 15) is 34.4 Å². The molecule has 61 heavy (non-hydrogen) atoms. The fraction of sp³-hybridized carbons (Fsp3) is 0.542. The first-order valence-electron chi connectivity index (χ1n) is 21.7. The summed E-state index contributed by atoms with van der Waals surface area (Å²) in [6, 6.07) is 0. The van der Waals surface area contributed by atoms with Crippen LogP contribution in [0.2, 0.25) is 0 Å². The maximum atomic E-state index is 12.6. The zero-order valence-corrected chi connectivity index (χ0v) is 37.4. The summed E-state index contributed by atoms with van der Waals surface area (Å²) in [5.74, 6) is -1.14. The van der Waals surface area contributed by atoms with Crippen molar-refractivity contribution in [1.29, 1.82) is 0 Å². The molecular weight excluding hydrogens is 799 g/mol. The second-order valence-electron chi connectivity index (χ2n) is 14.0. The maximum Gasteiger partial charge on any atom is 0.472 e. The standard InChI is InChI=1S/C48H75O12P/c1-3-5-7-8-9-10-11-12-13-14-15-16-17-18-19-23-31-37-47(53)57-41-46(42-59-61(55,56)58-40-45(52)39-49)60-48(54)38-32-24-21-20-22-28-34-44(51)36-30-26-25-29-35-43(50)33-27-6-4-2/h5-7,9-10,12-13,15-16,21-22,24-30,35-36,43-46,49-52H,3-4,8,11,14,17-20,23,31-34,37-42H2,1-2H3,(H,55,56)/b7-5-,10-9-,13-12-,16-15-,24-21-,26-25-,27-6-,28-22-,35-29+,36-30+/t43-,44+,45-,46+/m0/s1. The minimum absolute atomic E-state index is 0.0113. The molecule has 1 unspecified atom stereocenters. The van der Waals surface area contributed by atoms with Gasteiger partial charge in [-0.3, -0.25) is 18.6 Å². The zero-order valence-electron chi connectivity index (χ0n) is 36.5. The predicted molar refractivity (Wildman–Crippen MR) is 244 cm³/mol. The SMILES string of the molecule is CC/C=C\C/C=C\C/C=C\C/C=C\CCCCCCC(=O)OC[C@H](COP(=O)(O)OC[C@@H](O)CO)OC(=O)CC/C=C\C/C=C\C[C@@H](O)/C=C/C=C\C=C\[C@@H](O)C/C=C\CC. The summed E-state index contributed by atoms with van der Waals surface area (Å²) in [4.78, 5) is 35.0. The Morgan fingerprint density at radius 1 is 0.557 bits per heavy atom. The number of phosphoric acid groups is 1. The number of hydrogen-bond acceptors (Lipinski definition) is 11. The highest BCUT2D eigenvalue weighted by atomic mass is 31.2. The molecule has 0 aromatic heterocycles. The number of esters is 2. The molecule has 0 radical (unpaired) electrons. The van der Waals surface area contributed by atoms with Gasteiger partial charge in [0.2, 0.25) is 0 Å². The van der Waals surface area contributed by atoms with E-state index in [1.807, 2.05) is 37.3 Å². The first kappa shape index (κ1) is 57.3. The van der Waals surface area contributed by atoms with Gasteiger partial charge in [-0.05, 0) is 77.0 Å². The van der Waals surface area contributed by atoms with Crippen molar-refractivity contribution >= 4 is 19.8 Å². The van der Waals surface area contributed by atoms with E-state index in [2.05, 4.69) is 60.1 Å². The lowest BCUT2D eigenvalue weighted by atomic mass is 10.1. The molecule has 12 nitrogen and oxygen atoms in total. The van der Waals surface area contributed by atoms with Gasteiger partial charge >= 0.3 is 19.8 Å². The second-order valence-corrected chi connectivity index (χ2v) is 15.5. The Kier molecular flexibility index (Phi) is 39.1. The van der Waals surface area contributed by atoms with Crippen LogP contribution in [0.1, 0.15) is 117 Å². The highest BCUT2D eigenvalue weighted by Crippen LogP contribution is 2.43. The van der Waals surface area contributed by atoms with Crippen molar-refractivity contribution in [3.05, 3.63) is 122 Å². The number of carbonyl (C=O) groups is 2. The summed E-state index contributed by atoms with van der Waals surface area (Å²) in [6.45, 7) is 1.81. The number of ether oxygens (including phenoxy) is 2. The van der Waals surface area contributed by atoms with Crippen LogP contribution < -0.4 is 0 Å². The fourth-order valence-corrected chi connectivity index (χ4v) is 5.74. The third-order valence-electron chi connectivity index (χ3n) is 8.29. The highest BCUT2D eigenvalue weighted by molar-refractivity contribution is 7.47. The Labute approximate surface area is 365 Å². The van der Waals surface area contributed by atoms with Crippen LogP contribution in [0.25, 0.3) is 0 Å². The van der Waals surface area contributed by atoms with E-state index in [-0.39, 0.29) is 12.8 Å². The summed E-state index contributed by atoms with van der Waals surface area (Å²) >= 11 is 0. The van der Waals surface area contributed by atoms with Crippen molar-refractivity contribution in [2.24, 2.45) is 0 Å². The maximum absolute atomic E-state index is 12.6. The first-order valence-corrected chi connectivity index (χ1v) is 23.2. The molecule has 344 valence electrons. The van der Waals surface area contributed by atoms with Crippen molar-refractivity contribution in [2.45, 2.75) is 141 Å². The van der Waals surface area contributed by atoms with Gasteiger partial charge in [-0.15, -0.1) is 0 Å². The van der Waals surface area contributed by atoms with Gasteiger partial charge < -0.3 is 34.8 Å². The molecule has 0 saturated heterocycles. The first-order chi connectivity index (χ1) is 29.5. The van der Waals surface area contributed by atoms with Gasteiger partial charge in [0.1, 0.15) is 12.7 Å². The lowest BCUT2D eigenvalue weighted by Gasteiger charge is -2.20. The minimum atomic E-state index is -4.68. The van der Waals surface area contributed by atoms with E-state index in [0.717, 1.165) is 57.8 Å². The molecule has 0 bridgehead atoms. The van der Waals surface area contributed by atoms with Crippen LogP contribution in [-0.4, -0.2) is 88.1 Å². The van der Waals surface area contributed by atoms with Crippen LogP contribution in [0.4, 0.5) is 0 Å². The number of aliphatic hydroxyl groups is 4. The predicted octanol–water partition coefficient (Wildman–Crippen LogP) is 9.49. The number of hydrogen-bond donors (Lipinski definition) is 5. The van der Waals surface area contributed by atoms with E-state index in [0.29, 0.717) is 32.1 Å². The summed E-state index contributed by atoms with van der Waals surface area (Å²) in [5.41, 5.74) is 0. The fourth-order valence-electron chi connectivity index (χ4n) is 4.95. The molecule has 0 aliphatic heterocycles. The lowest BCUT2D eigenvalue weighted by molar-refractivity contribution is -0.161. The van der Waals surface area contributed by atoms with Crippen LogP contribution >= 0.6 is 7.82 Å². The van der Waals surface area contributed by atoms with Crippen LogP contribution in [0.5, 0.6) is 0 Å². The third kappa shape index (κ3) is 41.4. The smallest absolute Gasteiger partial charge is 0.462 e. The van der Waals surface area contributed by atoms with E-state index in [1.54, 1.807) is 42.5 Å². The Balaban J connectivity index is 4.61. The molecule has 13 heteroatoms. The minimum Gasteiger partial charge on any atom is -0.462 e. The summed E-state index contributed by atoms with van der Waals surface area (Å²) < 4.78 is 32.5. The highest BCUT2D eigenvalue weighted by Gasteiger charge is 2.27. The Morgan fingerprint density at radius 3 is 1.64 bits per heavy atom. The van der Waals surface area contributed by atoms with Crippen LogP contribution in [-0.2, 0) is 32.7 Å². The molecule has 5 N–H and O–H groups in total. The van der Waals surface area contributed by atoms with Crippen molar-refractivity contribution in [3.8, 4) is 0 Å². The monoisotopic (exact) mass is 874 g/mol. The largest absolute Gasteiger partial charge is 0.472 e. The topological polar surface area (TPSA) is 189 Å². The van der Waals surface area contributed by atoms with Gasteiger partial charge in [0.15, 0.2) is 6.10 Å². The van der Waals surface area contributed by atoms with Crippen molar-refractivity contribution < 1.29 is 58.0 Å². The normalized spacial score (nSPS) is 16.0. The van der Waals surface area contributed by atoms with Gasteiger partial charge in [-0.2, -0.15) is 0 Å². The zero-order chi connectivity index (χ0) is 45.1. The van der Waals surface area contributed by atoms with Gasteiger partial charge in [-0.1, -0.05) is 148 Å². The Bertz CT molecular complexity index is 1460. The molecule has 0 aliphatic carbocycles. The quantitative estimate of drug-likeness (QED) is 0.0130. The number of phosphoric ester groups is 1. The lowest BCUT2D eigenvalue weighted by Crippen LogP contribution is -2.29. The summed E-state index contributed by atoms with van der Waals surface area (Å²) in [7, 11) is -4.68. The number of allylic oxidation sites excluding steroid dienone is 16. The molecule has 0 rings (SSSR count). The molecule has 0 aromatic carbocycles. The van der Waals surface area contributed by atoms with Crippen LogP contribution in [0.15, 0.2) is 122 Å². The third-order valence-corrected chi connectivity index (χ3v) is 9.24. The average molecular weight is 875 g/mol. The summed E-state index contributed by atoms with van der Waals surface area (Å²) in [5, 5.41) is 38.3. The Hall–Kier alpha value is -3.71. The van der Waals surface area contributed by atoms with Gasteiger partial charge in [0.25, 0.3) is 0 Å². The van der Waals surface area contributed by atoms with E-state index >= 15 is 0 Å². The summed E-state index contributed by atoms with van der Waals surface area (Å²) in [6.07, 6.45) is 46.7. The molecule has 0 amide bonds. The van der Waals surface area contributed by atoms with Gasteiger partial charge in [0.05, 0.1) is 32.0 Å². The number of rotatable bonds is 38. The molecule has 0 heterocycles. The molecule has 0 aromatic rings. The Morgan fingerprint density at radius 2 is 1.05 bits per heavy atom. The van der Waals surface area contributed by atoms with E-state index in [4.69, 9.17) is 19.1 Å². The number of carbonyl (C=O) groups excluding carboxylic acids is 2. The molecule has 0 saturated carbocycles. The average Bonchev–Trinajstić information content (AvgIpc) is 3.24. The van der Waals surface area contributed by atoms with E-state index < -0.39 is 70.6 Å². The van der Waals surface area contributed by atoms with Crippen LogP contribution in [0, 0.1) is 0 Å². The molecular formula is C48H75O12P. The molecule has 0 spiro atoms. The second kappa shape index (κ2) is 41.6.